The summed E-state index contributed by atoms with van der Waals surface area (Å²) in [4.78, 5) is 26.7. The smallest absolute Gasteiger partial charge is 0.306 e. The maximum Gasteiger partial charge on any atom is 0.306 e. The van der Waals surface area contributed by atoms with Crippen LogP contribution in [0.15, 0.2) is 36.5 Å². The zero-order chi connectivity index (χ0) is 38.0. The molecule has 304 valence electrons. The zero-order valence-electron chi connectivity index (χ0n) is 34.0. The summed E-state index contributed by atoms with van der Waals surface area (Å²) in [7, 11) is 0. The zero-order valence-corrected chi connectivity index (χ0v) is 34.0. The molecule has 1 N–H and O–H groups in total. The van der Waals surface area contributed by atoms with Crippen LogP contribution in [0.2, 0.25) is 0 Å². The number of hydrogen-bond acceptors (Lipinski definition) is 8. The summed E-state index contributed by atoms with van der Waals surface area (Å²) in [6.07, 6.45) is 36.4. The predicted molar refractivity (Wildman–Crippen MR) is 216 cm³/mol. The molecule has 0 unspecified atom stereocenters. The van der Waals surface area contributed by atoms with Gasteiger partial charge in [0.25, 0.3) is 0 Å². The summed E-state index contributed by atoms with van der Waals surface area (Å²) in [6.45, 7) is 11.5. The van der Waals surface area contributed by atoms with Crippen LogP contribution in [-0.2, 0) is 28.5 Å². The van der Waals surface area contributed by atoms with Crippen LogP contribution in [0.3, 0.4) is 0 Å². The number of unbranched alkanes of at least 4 members (excludes halogenated alkanes) is 14. The average molecular weight is 736 g/mol. The highest BCUT2D eigenvalue weighted by atomic mass is 16.7. The molecule has 8 heteroatoms. The molecule has 0 aromatic carbocycles. The van der Waals surface area contributed by atoms with Gasteiger partial charge in [0.05, 0.1) is 19.6 Å². The van der Waals surface area contributed by atoms with Crippen molar-refractivity contribution in [1.29, 1.82) is 0 Å². The molecule has 0 amide bonds. The van der Waals surface area contributed by atoms with Crippen molar-refractivity contribution in [2.24, 2.45) is 0 Å². The molecule has 0 aliphatic heterocycles. The minimum Gasteiger partial charge on any atom is -0.466 e. The lowest BCUT2D eigenvalue weighted by atomic mass is 10.1. The van der Waals surface area contributed by atoms with Crippen LogP contribution in [0, 0.1) is 0 Å². The molecular weight excluding hydrogens is 654 g/mol. The molecule has 0 aliphatic carbocycles. The van der Waals surface area contributed by atoms with Crippen molar-refractivity contribution in [3.63, 3.8) is 0 Å². The van der Waals surface area contributed by atoms with E-state index in [-0.39, 0.29) is 24.8 Å². The van der Waals surface area contributed by atoms with Crippen LogP contribution in [0.4, 0.5) is 0 Å². The van der Waals surface area contributed by atoms with Crippen molar-refractivity contribution in [3.05, 3.63) is 36.5 Å². The number of nitrogens with zero attached hydrogens (tertiary/aromatic N) is 1. The van der Waals surface area contributed by atoms with Gasteiger partial charge in [-0.3, -0.25) is 9.59 Å². The van der Waals surface area contributed by atoms with Crippen molar-refractivity contribution in [1.82, 2.24) is 4.90 Å². The van der Waals surface area contributed by atoms with E-state index < -0.39 is 0 Å². The monoisotopic (exact) mass is 736 g/mol. The van der Waals surface area contributed by atoms with Gasteiger partial charge in [0.2, 0.25) is 0 Å². The molecular formula is C44H81NO7. The quantitative estimate of drug-likeness (QED) is 0.0288. The summed E-state index contributed by atoms with van der Waals surface area (Å²) < 4.78 is 22.9. The minimum absolute atomic E-state index is 0.0977. The first-order valence-electron chi connectivity index (χ1n) is 21.4. The van der Waals surface area contributed by atoms with E-state index >= 15 is 0 Å². The van der Waals surface area contributed by atoms with E-state index in [1.807, 2.05) is 6.08 Å². The lowest BCUT2D eigenvalue weighted by Gasteiger charge is -2.21. The molecule has 0 saturated heterocycles. The van der Waals surface area contributed by atoms with Gasteiger partial charge in [-0.25, -0.2) is 0 Å². The van der Waals surface area contributed by atoms with Gasteiger partial charge in [-0.05, 0) is 103 Å². The van der Waals surface area contributed by atoms with Crippen molar-refractivity contribution in [2.75, 3.05) is 52.7 Å². The van der Waals surface area contributed by atoms with Gasteiger partial charge in [-0.2, -0.15) is 0 Å². The van der Waals surface area contributed by atoms with E-state index in [2.05, 4.69) is 56.1 Å². The third kappa shape index (κ3) is 37.7. The van der Waals surface area contributed by atoms with E-state index in [9.17, 15) is 14.7 Å². The summed E-state index contributed by atoms with van der Waals surface area (Å²) >= 11 is 0. The highest BCUT2D eigenvalue weighted by Crippen LogP contribution is 2.12. The van der Waals surface area contributed by atoms with E-state index in [0.29, 0.717) is 52.2 Å². The number of allylic oxidation sites excluding steroid dienone is 5. The lowest BCUT2D eigenvalue weighted by molar-refractivity contribution is -0.159. The number of aliphatic hydroxyl groups is 1. The summed E-state index contributed by atoms with van der Waals surface area (Å²) in [6, 6.07) is 0. The Labute approximate surface area is 320 Å². The Hall–Kier alpha value is -2.00. The molecule has 0 aromatic rings. The molecule has 0 aliphatic rings. The topological polar surface area (TPSA) is 94.5 Å². The fourth-order valence-electron chi connectivity index (χ4n) is 5.75. The third-order valence-electron chi connectivity index (χ3n) is 8.91. The van der Waals surface area contributed by atoms with Crippen LogP contribution >= 0.6 is 0 Å². The SMILES string of the molecule is CC/C=C\CCCCOC(CCC(=O)OCCCCCCN(CCO)CCCCCCCC(=O)OC/C=C/CCCCC)OCCCC/C=C\CC. The van der Waals surface area contributed by atoms with Gasteiger partial charge < -0.3 is 29.0 Å². The number of esters is 2. The van der Waals surface area contributed by atoms with Gasteiger partial charge in [-0.1, -0.05) is 102 Å². The number of hydrogen-bond donors (Lipinski definition) is 1. The Kier molecular flexibility index (Phi) is 40.1. The maximum atomic E-state index is 12.4. The number of rotatable bonds is 40. The molecule has 0 rings (SSSR count). The molecule has 0 heterocycles. The Morgan fingerprint density at radius 2 is 1.06 bits per heavy atom. The van der Waals surface area contributed by atoms with E-state index in [1.54, 1.807) is 0 Å². The summed E-state index contributed by atoms with van der Waals surface area (Å²) in [5, 5.41) is 9.51. The first-order chi connectivity index (χ1) is 25.6. The van der Waals surface area contributed by atoms with Crippen molar-refractivity contribution < 1.29 is 33.6 Å². The van der Waals surface area contributed by atoms with Crippen LogP contribution in [0.25, 0.3) is 0 Å². The normalized spacial score (nSPS) is 12.0. The number of ether oxygens (including phenoxy) is 4. The standard InChI is InChI=1S/C44H81NO7/c1-4-7-10-13-20-27-38-49-42(47)31-24-17-16-18-25-34-45(36-37-46)35-26-19-23-28-39-50-43(48)32-33-44(51-40-29-21-14-11-8-5-2)52-41-30-22-15-12-9-6-3/h8-9,11-12,20,27,44,46H,4-7,10,13-19,21-26,28-41H2,1-3H3/b11-8-,12-9-,27-20+. The lowest BCUT2D eigenvalue weighted by Crippen LogP contribution is -2.29. The highest BCUT2D eigenvalue weighted by Gasteiger charge is 2.13. The second kappa shape index (κ2) is 41.8. The minimum atomic E-state index is -0.361. The molecule has 8 nitrogen and oxygen atoms in total. The Morgan fingerprint density at radius 1 is 0.538 bits per heavy atom. The molecule has 0 saturated carbocycles. The highest BCUT2D eigenvalue weighted by molar-refractivity contribution is 5.69. The molecule has 0 spiro atoms. The van der Waals surface area contributed by atoms with Crippen LogP contribution in [0.1, 0.15) is 175 Å². The fraction of sp³-hybridized carbons (Fsp3) is 0.818. The Morgan fingerprint density at radius 3 is 1.65 bits per heavy atom. The van der Waals surface area contributed by atoms with Crippen molar-refractivity contribution >= 4 is 11.9 Å². The third-order valence-corrected chi connectivity index (χ3v) is 8.91. The second-order valence-electron chi connectivity index (χ2n) is 13.8. The van der Waals surface area contributed by atoms with E-state index in [4.69, 9.17) is 18.9 Å². The van der Waals surface area contributed by atoms with Crippen LogP contribution in [0.5, 0.6) is 0 Å². The molecule has 0 atom stereocenters. The van der Waals surface area contributed by atoms with Crippen LogP contribution < -0.4 is 0 Å². The Balaban J connectivity index is 4.03. The van der Waals surface area contributed by atoms with Crippen molar-refractivity contribution in [2.45, 2.75) is 181 Å². The van der Waals surface area contributed by atoms with Gasteiger partial charge in [-0.15, -0.1) is 0 Å². The van der Waals surface area contributed by atoms with Gasteiger partial charge in [0.1, 0.15) is 6.61 Å². The van der Waals surface area contributed by atoms with Gasteiger partial charge in [0.15, 0.2) is 6.29 Å². The van der Waals surface area contributed by atoms with Gasteiger partial charge in [0, 0.05) is 32.6 Å². The molecule has 0 fully saturated rings. The largest absolute Gasteiger partial charge is 0.466 e. The first kappa shape index (κ1) is 50.0. The number of carbonyl (C=O) groups is 2. The second-order valence-corrected chi connectivity index (χ2v) is 13.8. The summed E-state index contributed by atoms with van der Waals surface area (Å²) in [5.41, 5.74) is 0. The number of carbonyl (C=O) groups excluding carboxylic acids is 2. The average Bonchev–Trinajstić information content (AvgIpc) is 3.14. The van der Waals surface area contributed by atoms with Crippen molar-refractivity contribution in [3.8, 4) is 0 Å². The van der Waals surface area contributed by atoms with Crippen LogP contribution in [-0.4, -0.2) is 80.9 Å². The first-order valence-corrected chi connectivity index (χ1v) is 21.4. The van der Waals surface area contributed by atoms with Gasteiger partial charge >= 0.3 is 11.9 Å². The maximum absolute atomic E-state index is 12.4. The molecule has 0 aromatic heterocycles. The summed E-state index contributed by atoms with van der Waals surface area (Å²) in [5.74, 6) is -0.277. The fourth-order valence-corrected chi connectivity index (χ4v) is 5.75. The Bertz CT molecular complexity index is 836. The molecule has 0 radical (unpaired) electrons. The molecule has 52 heavy (non-hydrogen) atoms. The predicted octanol–water partition coefficient (Wildman–Crippen LogP) is 10.8. The number of aliphatic hydroxyl groups excluding tert-OH is 1. The molecule has 0 bridgehead atoms. The van der Waals surface area contributed by atoms with E-state index in [0.717, 1.165) is 129 Å². The van der Waals surface area contributed by atoms with E-state index in [1.165, 1.54) is 19.3 Å².